The Hall–Kier alpha value is -2.82. The molecule has 0 spiro atoms. The Morgan fingerprint density at radius 2 is 1.74 bits per heavy atom. The molecule has 0 bridgehead atoms. The molecule has 2 rings (SSSR count). The van der Waals surface area contributed by atoms with Crippen molar-refractivity contribution >= 4 is 17.7 Å². The third-order valence-electron chi connectivity index (χ3n) is 3.21. The molecule has 0 heterocycles. The second kappa shape index (κ2) is 7.45. The van der Waals surface area contributed by atoms with Crippen LogP contribution in [-0.2, 0) is 4.74 Å². The lowest BCUT2D eigenvalue weighted by molar-refractivity contribution is 0.0526. The fraction of sp³-hybridized carbons (Fsp3) is 0.222. The van der Waals surface area contributed by atoms with Gasteiger partial charge in [-0.1, -0.05) is 12.1 Å². The number of benzene rings is 2. The number of hydrogen-bond donors (Lipinski definition) is 1. The van der Waals surface area contributed by atoms with E-state index in [0.29, 0.717) is 23.6 Å². The Morgan fingerprint density at radius 3 is 2.39 bits per heavy atom. The highest BCUT2D eigenvalue weighted by Gasteiger charge is 2.09. The SMILES string of the molecule is CCOC(=O)c1ccc(OC(=O)Nc2cc(C)ccc2C)cc1. The van der Waals surface area contributed by atoms with Crippen molar-refractivity contribution in [1.29, 1.82) is 0 Å². The molecule has 1 N–H and O–H groups in total. The first-order valence-electron chi connectivity index (χ1n) is 7.33. The van der Waals surface area contributed by atoms with Gasteiger partial charge in [-0.05, 0) is 62.2 Å². The number of nitrogens with one attached hydrogen (secondary N) is 1. The van der Waals surface area contributed by atoms with E-state index in [2.05, 4.69) is 5.32 Å². The van der Waals surface area contributed by atoms with E-state index in [0.717, 1.165) is 11.1 Å². The molecule has 2 aromatic rings. The fourth-order valence-electron chi connectivity index (χ4n) is 1.99. The molecule has 5 heteroatoms. The average Bonchev–Trinajstić information content (AvgIpc) is 2.52. The number of hydrogen-bond acceptors (Lipinski definition) is 4. The Bertz CT molecular complexity index is 707. The topological polar surface area (TPSA) is 64.6 Å². The molecule has 120 valence electrons. The Labute approximate surface area is 135 Å². The quantitative estimate of drug-likeness (QED) is 0.863. The molecular weight excluding hydrogens is 294 g/mol. The average molecular weight is 313 g/mol. The first-order valence-corrected chi connectivity index (χ1v) is 7.33. The predicted octanol–water partition coefficient (Wildman–Crippen LogP) is 4.09. The van der Waals surface area contributed by atoms with Gasteiger partial charge in [-0.15, -0.1) is 0 Å². The lowest BCUT2D eigenvalue weighted by atomic mass is 10.1. The Morgan fingerprint density at radius 1 is 1.04 bits per heavy atom. The van der Waals surface area contributed by atoms with Crippen molar-refractivity contribution < 1.29 is 19.1 Å². The van der Waals surface area contributed by atoms with Crippen molar-refractivity contribution in [1.82, 2.24) is 0 Å². The van der Waals surface area contributed by atoms with Crippen molar-refractivity contribution in [3.8, 4) is 5.75 Å². The molecule has 0 aromatic heterocycles. The summed E-state index contributed by atoms with van der Waals surface area (Å²) in [5.41, 5.74) is 3.11. The first-order chi connectivity index (χ1) is 11.0. The third-order valence-corrected chi connectivity index (χ3v) is 3.21. The first kappa shape index (κ1) is 16.5. The summed E-state index contributed by atoms with van der Waals surface area (Å²) in [6.45, 7) is 5.91. The van der Waals surface area contributed by atoms with E-state index < -0.39 is 12.1 Å². The second-order valence-corrected chi connectivity index (χ2v) is 5.08. The van der Waals surface area contributed by atoms with Crippen LogP contribution in [0.2, 0.25) is 0 Å². The van der Waals surface area contributed by atoms with Gasteiger partial charge in [0, 0.05) is 5.69 Å². The van der Waals surface area contributed by atoms with Crippen LogP contribution in [0.1, 0.15) is 28.4 Å². The van der Waals surface area contributed by atoms with Crippen molar-refractivity contribution in [2.45, 2.75) is 20.8 Å². The molecule has 0 radical (unpaired) electrons. The van der Waals surface area contributed by atoms with Gasteiger partial charge in [0.05, 0.1) is 12.2 Å². The molecule has 0 saturated carbocycles. The van der Waals surface area contributed by atoms with Crippen molar-refractivity contribution in [3.63, 3.8) is 0 Å². The van der Waals surface area contributed by atoms with Gasteiger partial charge in [0.15, 0.2) is 0 Å². The molecule has 0 fully saturated rings. The number of rotatable bonds is 4. The molecule has 0 atom stereocenters. The summed E-state index contributed by atoms with van der Waals surface area (Å²) >= 11 is 0. The van der Waals surface area contributed by atoms with Crippen LogP contribution in [0.4, 0.5) is 10.5 Å². The zero-order valence-corrected chi connectivity index (χ0v) is 13.4. The van der Waals surface area contributed by atoms with Crippen LogP contribution in [0, 0.1) is 13.8 Å². The van der Waals surface area contributed by atoms with Gasteiger partial charge in [-0.2, -0.15) is 0 Å². The van der Waals surface area contributed by atoms with Crippen LogP contribution in [0.25, 0.3) is 0 Å². The minimum absolute atomic E-state index is 0.315. The van der Waals surface area contributed by atoms with Gasteiger partial charge in [-0.3, -0.25) is 5.32 Å². The summed E-state index contributed by atoms with van der Waals surface area (Å²) in [6, 6.07) is 12.0. The van der Waals surface area contributed by atoms with Crippen molar-refractivity contribution in [2.75, 3.05) is 11.9 Å². The van der Waals surface area contributed by atoms with Gasteiger partial charge < -0.3 is 9.47 Å². The number of carbonyl (C=O) groups is 2. The molecule has 0 unspecified atom stereocenters. The van der Waals surface area contributed by atoms with Crippen LogP contribution in [0.15, 0.2) is 42.5 Å². The van der Waals surface area contributed by atoms with Crippen LogP contribution in [0.3, 0.4) is 0 Å². The molecule has 23 heavy (non-hydrogen) atoms. The predicted molar refractivity (Wildman–Crippen MR) is 88.0 cm³/mol. The number of aryl methyl sites for hydroxylation is 2. The zero-order valence-electron chi connectivity index (χ0n) is 13.4. The van der Waals surface area contributed by atoms with E-state index in [1.165, 1.54) is 0 Å². The fourth-order valence-corrected chi connectivity index (χ4v) is 1.99. The van der Waals surface area contributed by atoms with Crippen LogP contribution in [-0.4, -0.2) is 18.7 Å². The summed E-state index contributed by atoms with van der Waals surface area (Å²) in [4.78, 5) is 23.5. The minimum Gasteiger partial charge on any atom is -0.462 e. The highest BCUT2D eigenvalue weighted by atomic mass is 16.6. The summed E-state index contributed by atoms with van der Waals surface area (Å²) in [5.74, 6) is -0.0558. The largest absolute Gasteiger partial charge is 0.462 e. The van der Waals surface area contributed by atoms with E-state index in [1.54, 1.807) is 31.2 Å². The van der Waals surface area contributed by atoms with Gasteiger partial charge >= 0.3 is 12.1 Å². The van der Waals surface area contributed by atoms with Crippen LogP contribution in [0.5, 0.6) is 5.75 Å². The van der Waals surface area contributed by atoms with Gasteiger partial charge in [-0.25, -0.2) is 9.59 Å². The highest BCUT2D eigenvalue weighted by molar-refractivity contribution is 5.90. The molecule has 2 aromatic carbocycles. The highest BCUT2D eigenvalue weighted by Crippen LogP contribution is 2.18. The van der Waals surface area contributed by atoms with E-state index in [1.807, 2.05) is 32.0 Å². The van der Waals surface area contributed by atoms with Crippen LogP contribution < -0.4 is 10.1 Å². The minimum atomic E-state index is -0.581. The summed E-state index contributed by atoms with van der Waals surface area (Å²) < 4.78 is 10.1. The number of esters is 1. The number of anilines is 1. The Kier molecular flexibility index (Phi) is 5.36. The van der Waals surface area contributed by atoms with Crippen molar-refractivity contribution in [2.24, 2.45) is 0 Å². The van der Waals surface area contributed by atoms with E-state index in [4.69, 9.17) is 9.47 Å². The Balaban J connectivity index is 2.00. The van der Waals surface area contributed by atoms with Gasteiger partial charge in [0.1, 0.15) is 5.75 Å². The standard InChI is InChI=1S/C18H19NO4/c1-4-22-17(20)14-7-9-15(10-8-14)23-18(21)19-16-11-12(2)5-6-13(16)3/h5-11H,4H2,1-3H3,(H,19,21). The monoisotopic (exact) mass is 313 g/mol. The lowest BCUT2D eigenvalue weighted by Gasteiger charge is -2.10. The number of carbonyl (C=O) groups excluding carboxylic acids is 2. The van der Waals surface area contributed by atoms with Crippen molar-refractivity contribution in [3.05, 3.63) is 59.2 Å². The summed E-state index contributed by atoms with van der Waals surface area (Å²) in [5, 5.41) is 2.70. The normalized spacial score (nSPS) is 10.0. The van der Waals surface area contributed by atoms with E-state index >= 15 is 0 Å². The molecular formula is C18H19NO4. The van der Waals surface area contributed by atoms with Crippen LogP contribution >= 0.6 is 0 Å². The molecule has 0 saturated heterocycles. The second-order valence-electron chi connectivity index (χ2n) is 5.08. The van der Waals surface area contributed by atoms with E-state index in [9.17, 15) is 9.59 Å². The molecule has 0 aliphatic rings. The maximum atomic E-state index is 11.9. The maximum absolute atomic E-state index is 11.9. The maximum Gasteiger partial charge on any atom is 0.417 e. The summed E-state index contributed by atoms with van der Waals surface area (Å²) in [6.07, 6.45) is -0.581. The van der Waals surface area contributed by atoms with Gasteiger partial charge in [0.2, 0.25) is 0 Å². The lowest BCUT2D eigenvalue weighted by Crippen LogP contribution is -2.17. The zero-order chi connectivity index (χ0) is 16.8. The number of ether oxygens (including phenoxy) is 2. The molecule has 5 nitrogen and oxygen atoms in total. The molecule has 0 aliphatic carbocycles. The van der Waals surface area contributed by atoms with Gasteiger partial charge in [0.25, 0.3) is 0 Å². The van der Waals surface area contributed by atoms with E-state index in [-0.39, 0.29) is 0 Å². The molecule has 1 amide bonds. The smallest absolute Gasteiger partial charge is 0.417 e. The number of amides is 1. The molecule has 0 aliphatic heterocycles. The third kappa shape index (κ3) is 4.57. The summed E-state index contributed by atoms with van der Waals surface area (Å²) in [7, 11) is 0.